The summed E-state index contributed by atoms with van der Waals surface area (Å²) in [7, 11) is 0. The second-order valence-electron chi connectivity index (χ2n) is 3.77. The molecule has 0 aromatic heterocycles. The molecule has 4 nitrogen and oxygen atoms in total. The van der Waals surface area contributed by atoms with E-state index < -0.39 is 11.9 Å². The first-order valence-electron chi connectivity index (χ1n) is 4.98. The number of esters is 1. The Bertz CT molecular complexity index is 421. The largest absolute Gasteiger partial charge is 0.478 e. The SMILES string of the molecule is CC(=O)Oc1cccc(C(C)C)c1C(=O)O. The lowest BCUT2D eigenvalue weighted by Crippen LogP contribution is -2.10. The topological polar surface area (TPSA) is 63.6 Å². The summed E-state index contributed by atoms with van der Waals surface area (Å²) >= 11 is 0. The van der Waals surface area contributed by atoms with Crippen molar-refractivity contribution in [1.29, 1.82) is 0 Å². The molecule has 0 amide bonds. The van der Waals surface area contributed by atoms with Crippen LogP contribution in [0.3, 0.4) is 0 Å². The number of carbonyl (C=O) groups excluding carboxylic acids is 1. The standard InChI is InChI=1S/C12H14O4/c1-7(2)9-5-4-6-10(16-8(3)13)11(9)12(14)15/h4-7H,1-3H3,(H,14,15). The van der Waals surface area contributed by atoms with Crippen LogP contribution < -0.4 is 4.74 Å². The number of carboxylic acids is 1. The van der Waals surface area contributed by atoms with E-state index in [0.717, 1.165) is 0 Å². The highest BCUT2D eigenvalue weighted by molar-refractivity contribution is 5.93. The molecule has 0 radical (unpaired) electrons. The average molecular weight is 222 g/mol. The Morgan fingerprint density at radius 3 is 2.38 bits per heavy atom. The lowest BCUT2D eigenvalue weighted by atomic mass is 9.96. The summed E-state index contributed by atoms with van der Waals surface area (Å²) in [6, 6.07) is 4.89. The zero-order chi connectivity index (χ0) is 12.3. The van der Waals surface area contributed by atoms with Crippen molar-refractivity contribution in [3.8, 4) is 5.75 Å². The van der Waals surface area contributed by atoms with E-state index in [1.807, 2.05) is 13.8 Å². The van der Waals surface area contributed by atoms with Crippen LogP contribution in [0.25, 0.3) is 0 Å². The van der Waals surface area contributed by atoms with E-state index in [2.05, 4.69) is 0 Å². The normalized spacial score (nSPS) is 10.2. The number of ether oxygens (including phenoxy) is 1. The van der Waals surface area contributed by atoms with E-state index in [-0.39, 0.29) is 17.2 Å². The van der Waals surface area contributed by atoms with Gasteiger partial charge in [0.2, 0.25) is 0 Å². The summed E-state index contributed by atoms with van der Waals surface area (Å²) in [5.74, 6) is -1.45. The molecular formula is C12H14O4. The minimum Gasteiger partial charge on any atom is -0.478 e. The summed E-state index contributed by atoms with van der Waals surface area (Å²) in [5, 5.41) is 9.12. The van der Waals surface area contributed by atoms with Gasteiger partial charge in [0.05, 0.1) is 0 Å². The van der Waals surface area contributed by atoms with Gasteiger partial charge in [0.15, 0.2) is 0 Å². The van der Waals surface area contributed by atoms with Gasteiger partial charge >= 0.3 is 11.9 Å². The Hall–Kier alpha value is -1.84. The Labute approximate surface area is 93.9 Å². The average Bonchev–Trinajstić information content (AvgIpc) is 2.15. The zero-order valence-electron chi connectivity index (χ0n) is 9.48. The highest BCUT2D eigenvalue weighted by Gasteiger charge is 2.19. The van der Waals surface area contributed by atoms with Crippen LogP contribution in [0.1, 0.15) is 42.6 Å². The first-order chi connectivity index (χ1) is 7.43. The van der Waals surface area contributed by atoms with Crippen molar-refractivity contribution in [1.82, 2.24) is 0 Å². The van der Waals surface area contributed by atoms with Crippen molar-refractivity contribution in [3.05, 3.63) is 29.3 Å². The number of carboxylic acid groups (broad SMARTS) is 1. The quantitative estimate of drug-likeness (QED) is 0.630. The predicted molar refractivity (Wildman–Crippen MR) is 58.8 cm³/mol. The summed E-state index contributed by atoms with van der Waals surface area (Å²) in [6.45, 7) is 5.02. The van der Waals surface area contributed by atoms with E-state index in [4.69, 9.17) is 9.84 Å². The Kier molecular flexibility index (Phi) is 3.66. The van der Waals surface area contributed by atoms with Gasteiger partial charge in [-0.2, -0.15) is 0 Å². The lowest BCUT2D eigenvalue weighted by molar-refractivity contribution is -0.131. The molecule has 0 aliphatic rings. The fourth-order valence-corrected chi connectivity index (χ4v) is 1.50. The van der Waals surface area contributed by atoms with Gasteiger partial charge in [0, 0.05) is 6.92 Å². The fraction of sp³-hybridized carbons (Fsp3) is 0.333. The molecule has 0 atom stereocenters. The van der Waals surface area contributed by atoms with Crippen LogP contribution in [0.15, 0.2) is 18.2 Å². The maximum absolute atomic E-state index is 11.1. The van der Waals surface area contributed by atoms with Crippen molar-refractivity contribution in [2.45, 2.75) is 26.7 Å². The minimum absolute atomic E-state index is 0.0570. The molecule has 86 valence electrons. The maximum Gasteiger partial charge on any atom is 0.339 e. The van der Waals surface area contributed by atoms with Crippen LogP contribution in [0.4, 0.5) is 0 Å². The number of hydrogen-bond acceptors (Lipinski definition) is 3. The van der Waals surface area contributed by atoms with Gasteiger partial charge in [-0.05, 0) is 17.5 Å². The van der Waals surface area contributed by atoms with Gasteiger partial charge in [-0.1, -0.05) is 26.0 Å². The summed E-state index contributed by atoms with van der Waals surface area (Å²) in [6.07, 6.45) is 0. The van der Waals surface area contributed by atoms with E-state index in [0.29, 0.717) is 5.56 Å². The molecule has 1 aromatic rings. The second-order valence-corrected chi connectivity index (χ2v) is 3.77. The Balaban J connectivity index is 3.32. The highest BCUT2D eigenvalue weighted by Crippen LogP contribution is 2.28. The predicted octanol–water partition coefficient (Wildman–Crippen LogP) is 2.43. The van der Waals surface area contributed by atoms with Crippen LogP contribution in [-0.4, -0.2) is 17.0 Å². The molecule has 1 aromatic carbocycles. The Morgan fingerprint density at radius 2 is 1.94 bits per heavy atom. The smallest absolute Gasteiger partial charge is 0.339 e. The van der Waals surface area contributed by atoms with Gasteiger partial charge in [-0.15, -0.1) is 0 Å². The highest BCUT2D eigenvalue weighted by atomic mass is 16.5. The first kappa shape index (κ1) is 12.2. The van der Waals surface area contributed by atoms with Crippen LogP contribution >= 0.6 is 0 Å². The molecule has 0 bridgehead atoms. The molecule has 0 fully saturated rings. The number of aromatic carboxylic acids is 1. The third-order valence-electron chi connectivity index (χ3n) is 2.15. The van der Waals surface area contributed by atoms with Gasteiger partial charge in [0.25, 0.3) is 0 Å². The van der Waals surface area contributed by atoms with Gasteiger partial charge in [-0.25, -0.2) is 4.79 Å². The third-order valence-corrected chi connectivity index (χ3v) is 2.15. The van der Waals surface area contributed by atoms with Crippen LogP contribution in [0.2, 0.25) is 0 Å². The molecular weight excluding hydrogens is 208 g/mol. The molecule has 0 heterocycles. The number of carbonyl (C=O) groups is 2. The first-order valence-corrected chi connectivity index (χ1v) is 4.98. The van der Waals surface area contributed by atoms with Gasteiger partial charge < -0.3 is 9.84 Å². The maximum atomic E-state index is 11.1. The van der Waals surface area contributed by atoms with Crippen LogP contribution in [0, 0.1) is 0 Å². The van der Waals surface area contributed by atoms with Crippen molar-refractivity contribution in [2.24, 2.45) is 0 Å². The fourth-order valence-electron chi connectivity index (χ4n) is 1.50. The Morgan fingerprint density at radius 1 is 1.31 bits per heavy atom. The van der Waals surface area contributed by atoms with Gasteiger partial charge in [0.1, 0.15) is 11.3 Å². The summed E-state index contributed by atoms with van der Waals surface area (Å²) < 4.78 is 4.88. The van der Waals surface area contributed by atoms with E-state index in [1.54, 1.807) is 12.1 Å². The van der Waals surface area contributed by atoms with Crippen LogP contribution in [0.5, 0.6) is 5.75 Å². The molecule has 1 N–H and O–H groups in total. The van der Waals surface area contributed by atoms with Crippen molar-refractivity contribution in [2.75, 3.05) is 0 Å². The van der Waals surface area contributed by atoms with Crippen molar-refractivity contribution in [3.63, 3.8) is 0 Å². The minimum atomic E-state index is -1.08. The molecule has 0 saturated heterocycles. The molecule has 0 unspecified atom stereocenters. The molecule has 0 saturated carbocycles. The molecule has 16 heavy (non-hydrogen) atoms. The third kappa shape index (κ3) is 2.59. The lowest BCUT2D eigenvalue weighted by Gasteiger charge is -2.13. The van der Waals surface area contributed by atoms with E-state index >= 15 is 0 Å². The van der Waals surface area contributed by atoms with Crippen LogP contribution in [-0.2, 0) is 4.79 Å². The number of rotatable bonds is 3. The molecule has 0 aliphatic heterocycles. The molecule has 4 heteroatoms. The monoisotopic (exact) mass is 222 g/mol. The van der Waals surface area contributed by atoms with E-state index in [1.165, 1.54) is 13.0 Å². The van der Waals surface area contributed by atoms with Crippen molar-refractivity contribution < 1.29 is 19.4 Å². The molecule has 0 aliphatic carbocycles. The number of benzene rings is 1. The summed E-state index contributed by atoms with van der Waals surface area (Å²) in [5.41, 5.74) is 0.721. The molecule has 1 rings (SSSR count). The molecule has 0 spiro atoms. The van der Waals surface area contributed by atoms with Gasteiger partial charge in [-0.3, -0.25) is 4.79 Å². The summed E-state index contributed by atoms with van der Waals surface area (Å²) in [4.78, 5) is 22.0. The van der Waals surface area contributed by atoms with E-state index in [9.17, 15) is 9.59 Å². The zero-order valence-corrected chi connectivity index (χ0v) is 9.48. The second kappa shape index (κ2) is 4.79. The number of hydrogen-bond donors (Lipinski definition) is 1. The van der Waals surface area contributed by atoms with Crippen molar-refractivity contribution >= 4 is 11.9 Å².